The van der Waals surface area contributed by atoms with Crippen LogP contribution in [0.15, 0.2) is 96.8 Å². The number of allylic oxidation sites excluding steroid dienone is 10. The van der Waals surface area contributed by atoms with Gasteiger partial charge in [-0.2, -0.15) is 30.9 Å². The van der Waals surface area contributed by atoms with Crippen LogP contribution in [0.5, 0.6) is 0 Å². The smallest absolute Gasteiger partial charge is 0.347 e. The minimum Gasteiger partial charge on any atom is -0.347 e. The largest absolute Gasteiger partial charge is 0.416 e. The Morgan fingerprint density at radius 1 is 0.718 bits per heavy atom. The van der Waals surface area contributed by atoms with E-state index in [0.29, 0.717) is 11.1 Å². The molecule has 0 fully saturated rings. The first-order valence-electron chi connectivity index (χ1n) is 12.5. The zero-order valence-corrected chi connectivity index (χ0v) is 22.0. The van der Waals surface area contributed by atoms with Gasteiger partial charge in [0.2, 0.25) is 5.69 Å². The zero-order chi connectivity index (χ0) is 28.5. The lowest BCUT2D eigenvalue weighted by Gasteiger charge is -2.15. The molecule has 2 aromatic rings. The lowest BCUT2D eigenvalue weighted by molar-refractivity contribution is -0.401. The van der Waals surface area contributed by atoms with Gasteiger partial charge in [-0.05, 0) is 48.9 Å². The van der Waals surface area contributed by atoms with E-state index in [1.54, 1.807) is 0 Å². The zero-order valence-electron chi connectivity index (χ0n) is 22.0. The molecule has 4 rings (SSSR count). The van der Waals surface area contributed by atoms with Crippen molar-refractivity contribution < 1.29 is 30.9 Å². The molecule has 204 valence electrons. The molecule has 2 aromatic carbocycles. The van der Waals surface area contributed by atoms with Crippen LogP contribution < -0.4 is 4.90 Å². The van der Waals surface area contributed by atoms with E-state index in [-0.39, 0.29) is 11.8 Å². The van der Waals surface area contributed by atoms with Gasteiger partial charge in [-0.25, -0.2) is 0 Å². The van der Waals surface area contributed by atoms with E-state index in [0.717, 1.165) is 34.9 Å². The summed E-state index contributed by atoms with van der Waals surface area (Å²) in [6, 6.07) is 7.68. The van der Waals surface area contributed by atoms with Crippen molar-refractivity contribution in [2.45, 2.75) is 38.0 Å². The van der Waals surface area contributed by atoms with Crippen molar-refractivity contribution in [2.75, 3.05) is 19.0 Å². The molecule has 2 nitrogen and oxygen atoms in total. The van der Waals surface area contributed by atoms with E-state index in [4.69, 9.17) is 0 Å². The van der Waals surface area contributed by atoms with Crippen LogP contribution in [-0.4, -0.2) is 24.4 Å². The maximum atomic E-state index is 13.1. The van der Waals surface area contributed by atoms with Crippen molar-refractivity contribution in [1.82, 2.24) is 0 Å². The minimum atomic E-state index is -4.37. The number of hydrogen-bond acceptors (Lipinski definition) is 1. The fourth-order valence-electron chi connectivity index (χ4n) is 5.09. The van der Waals surface area contributed by atoms with Crippen molar-refractivity contribution in [3.63, 3.8) is 0 Å². The number of nitrogens with zero attached hydrogens (tertiary/aromatic N) is 2. The Labute approximate surface area is 224 Å². The van der Waals surface area contributed by atoms with Crippen molar-refractivity contribution in [2.24, 2.45) is 0 Å². The normalized spacial score (nSPS) is 21.1. The molecule has 2 heterocycles. The van der Waals surface area contributed by atoms with E-state index in [2.05, 4.69) is 0 Å². The first kappa shape index (κ1) is 28.2. The molecule has 2 unspecified atom stereocenters. The molecular weight excluding hydrogens is 514 g/mol. The average molecular weight is 544 g/mol. The number of likely N-dealkylation sites (N-methyl/N-ethyl adjacent to an activating group) is 1. The van der Waals surface area contributed by atoms with Gasteiger partial charge < -0.3 is 4.90 Å². The number of benzene rings is 2. The Kier molecular flexibility index (Phi) is 7.77. The van der Waals surface area contributed by atoms with Crippen LogP contribution in [0.3, 0.4) is 0 Å². The van der Waals surface area contributed by atoms with Crippen LogP contribution in [0.25, 0.3) is 0 Å². The summed E-state index contributed by atoms with van der Waals surface area (Å²) in [4.78, 5) is 1.90. The lowest BCUT2D eigenvalue weighted by atomic mass is 9.96. The summed E-state index contributed by atoms with van der Waals surface area (Å²) < 4.78 is 80.5. The summed E-state index contributed by atoms with van der Waals surface area (Å²) >= 11 is 0. The summed E-state index contributed by atoms with van der Waals surface area (Å²) in [6.45, 7) is 3.78. The highest BCUT2D eigenvalue weighted by atomic mass is 19.4. The fourth-order valence-corrected chi connectivity index (χ4v) is 5.09. The van der Waals surface area contributed by atoms with E-state index in [1.165, 1.54) is 24.3 Å². The summed E-state index contributed by atoms with van der Waals surface area (Å²) in [5.41, 5.74) is 3.37. The Morgan fingerprint density at radius 3 is 1.87 bits per heavy atom. The number of halogens is 6. The van der Waals surface area contributed by atoms with Crippen LogP contribution in [0.4, 0.5) is 37.7 Å². The highest BCUT2D eigenvalue weighted by Crippen LogP contribution is 2.45. The molecule has 0 saturated heterocycles. The lowest BCUT2D eigenvalue weighted by Crippen LogP contribution is -2.12. The van der Waals surface area contributed by atoms with Crippen molar-refractivity contribution >= 4 is 17.1 Å². The van der Waals surface area contributed by atoms with Crippen LogP contribution >= 0.6 is 0 Å². The molecule has 0 N–H and O–H groups in total. The van der Waals surface area contributed by atoms with Gasteiger partial charge in [-0.3, -0.25) is 0 Å². The maximum absolute atomic E-state index is 13.1. The highest BCUT2D eigenvalue weighted by molar-refractivity contribution is 6.00. The summed E-state index contributed by atoms with van der Waals surface area (Å²) in [5, 5.41) is 0. The monoisotopic (exact) mass is 543 g/mol. The van der Waals surface area contributed by atoms with E-state index in [1.807, 2.05) is 92.1 Å². The summed E-state index contributed by atoms with van der Waals surface area (Å²) in [5.74, 6) is -0.323. The van der Waals surface area contributed by atoms with Gasteiger partial charge >= 0.3 is 12.4 Å². The fraction of sp³-hybridized carbons (Fsp3) is 0.258. The van der Waals surface area contributed by atoms with E-state index in [9.17, 15) is 26.3 Å². The third-order valence-corrected chi connectivity index (χ3v) is 7.23. The van der Waals surface area contributed by atoms with Crippen molar-refractivity contribution in [3.8, 4) is 0 Å². The van der Waals surface area contributed by atoms with Crippen LogP contribution in [0, 0.1) is 0 Å². The standard InChI is InChI=1S/C31H29F6N2/c1-20-24-18-22(30(32,33)34)14-16-28(24)38(3)26(20)12-10-8-6-5-7-9-11-13-27-21(2)25-19-23(31(35,36)37)15-17-29(25)39(27)4/h5-21H,1-4H3/q+1. The second-order valence-electron chi connectivity index (χ2n) is 9.63. The van der Waals surface area contributed by atoms with Crippen LogP contribution in [-0.2, 0) is 12.4 Å². The molecule has 0 saturated carbocycles. The first-order chi connectivity index (χ1) is 18.3. The van der Waals surface area contributed by atoms with Gasteiger partial charge in [0.25, 0.3) is 0 Å². The molecule has 2 aliphatic heterocycles. The third-order valence-electron chi connectivity index (χ3n) is 7.23. The molecular formula is C31H29F6N2+. The molecule has 0 radical (unpaired) electrons. The summed E-state index contributed by atoms with van der Waals surface area (Å²) in [6.07, 6.45) is 7.90. The molecule has 2 aliphatic rings. The Morgan fingerprint density at radius 2 is 1.26 bits per heavy atom. The number of hydrogen-bond donors (Lipinski definition) is 0. The van der Waals surface area contributed by atoms with Gasteiger partial charge in [-0.1, -0.05) is 49.5 Å². The third kappa shape index (κ3) is 5.79. The molecule has 2 atom stereocenters. The Bertz CT molecular complexity index is 1430. The summed E-state index contributed by atoms with van der Waals surface area (Å²) in [7, 11) is 3.68. The second kappa shape index (κ2) is 10.8. The van der Waals surface area contributed by atoms with Gasteiger partial charge in [0.05, 0.1) is 17.0 Å². The average Bonchev–Trinajstić information content (AvgIpc) is 3.26. The predicted molar refractivity (Wildman–Crippen MR) is 144 cm³/mol. The minimum absolute atomic E-state index is 0.161. The maximum Gasteiger partial charge on any atom is 0.416 e. The number of fused-ring (bicyclic) bond motifs is 2. The number of alkyl halides is 6. The molecule has 0 bridgehead atoms. The topological polar surface area (TPSA) is 6.25 Å². The molecule has 0 spiro atoms. The van der Waals surface area contributed by atoms with Gasteiger partial charge in [0.15, 0.2) is 5.71 Å². The SMILES string of the molecule is CC1C(=CC=CC=CC=CC=CC2=[N+](C)c3ccc(C(F)(F)F)cc3C2C)N(C)c2ccc(C(F)(F)F)cc21. The van der Waals surface area contributed by atoms with Gasteiger partial charge in [-0.15, -0.1) is 0 Å². The first-order valence-corrected chi connectivity index (χ1v) is 12.5. The molecule has 0 aliphatic carbocycles. The molecule has 39 heavy (non-hydrogen) atoms. The van der Waals surface area contributed by atoms with Crippen molar-refractivity contribution in [1.29, 1.82) is 0 Å². The molecule has 0 amide bonds. The highest BCUT2D eigenvalue weighted by Gasteiger charge is 2.38. The molecule has 8 heteroatoms. The van der Waals surface area contributed by atoms with Gasteiger partial charge in [0, 0.05) is 42.1 Å². The van der Waals surface area contributed by atoms with Gasteiger partial charge in [0.1, 0.15) is 7.05 Å². The Balaban J connectivity index is 1.36. The number of rotatable bonds is 5. The predicted octanol–water partition coefficient (Wildman–Crippen LogP) is 8.92. The van der Waals surface area contributed by atoms with E-state index < -0.39 is 23.5 Å². The quantitative estimate of drug-likeness (QED) is 0.207. The second-order valence-corrected chi connectivity index (χ2v) is 9.63. The Hall–Kier alpha value is -3.81. The number of anilines is 1. The van der Waals surface area contributed by atoms with Crippen LogP contribution in [0.1, 0.15) is 47.9 Å². The van der Waals surface area contributed by atoms with E-state index >= 15 is 0 Å². The molecule has 0 aromatic heterocycles. The van der Waals surface area contributed by atoms with Crippen LogP contribution in [0.2, 0.25) is 0 Å². The van der Waals surface area contributed by atoms with Crippen molar-refractivity contribution in [3.05, 3.63) is 119 Å².